The minimum Gasteiger partial charge on any atom is -0.458 e. The molecule has 1 unspecified atom stereocenters. The Morgan fingerprint density at radius 1 is 1.39 bits per heavy atom. The molecule has 0 spiro atoms. The van der Waals surface area contributed by atoms with Crippen LogP contribution in [0.2, 0.25) is 0 Å². The second kappa shape index (κ2) is 4.56. The van der Waals surface area contributed by atoms with Crippen molar-refractivity contribution >= 4 is 17.8 Å². The first-order chi connectivity index (χ1) is 8.60. The summed E-state index contributed by atoms with van der Waals surface area (Å²) in [5, 5.41) is 0. The van der Waals surface area contributed by atoms with E-state index in [0.717, 1.165) is 6.08 Å². The van der Waals surface area contributed by atoms with Crippen LogP contribution in [0.4, 0.5) is 4.39 Å². The zero-order valence-electron chi connectivity index (χ0n) is 9.56. The third kappa shape index (κ3) is 1.76. The van der Waals surface area contributed by atoms with Gasteiger partial charge in [0, 0.05) is 5.56 Å². The van der Waals surface area contributed by atoms with E-state index in [1.54, 1.807) is 18.2 Å². The Morgan fingerprint density at radius 3 is 2.83 bits per heavy atom. The lowest BCUT2D eigenvalue weighted by Crippen LogP contribution is -2.42. The van der Waals surface area contributed by atoms with Gasteiger partial charge in [0.2, 0.25) is 5.78 Å². The van der Waals surface area contributed by atoms with E-state index in [9.17, 15) is 14.0 Å². The number of carbonyl (C=O) groups excluding carboxylic acids is 2. The molecule has 0 amide bonds. The molecule has 3 nitrogen and oxygen atoms in total. The molecule has 1 aliphatic rings. The molecule has 18 heavy (non-hydrogen) atoms. The molecule has 0 heterocycles. The molecule has 1 aromatic rings. The number of halogens is 1. The van der Waals surface area contributed by atoms with Crippen molar-refractivity contribution in [2.24, 2.45) is 0 Å². The molecule has 0 aromatic heterocycles. The van der Waals surface area contributed by atoms with Crippen molar-refractivity contribution in [3.05, 3.63) is 54.1 Å². The summed E-state index contributed by atoms with van der Waals surface area (Å²) in [7, 11) is 0. The molecule has 0 fully saturated rings. The Bertz CT molecular complexity index is 548. The number of ketones is 1. The third-order valence-electron chi connectivity index (χ3n) is 2.70. The summed E-state index contributed by atoms with van der Waals surface area (Å²) in [6.07, 6.45) is 3.85. The molecule has 4 heteroatoms. The van der Waals surface area contributed by atoms with Crippen LogP contribution >= 0.6 is 0 Å². The molecule has 92 valence electrons. The van der Waals surface area contributed by atoms with E-state index in [2.05, 4.69) is 11.3 Å². The average Bonchev–Trinajstić information content (AvgIpc) is 2.40. The molecule has 0 radical (unpaired) electrons. The zero-order chi connectivity index (χ0) is 13.2. The number of rotatable bonds is 3. The van der Waals surface area contributed by atoms with E-state index in [1.165, 1.54) is 18.2 Å². The van der Waals surface area contributed by atoms with Gasteiger partial charge in [0.1, 0.15) is 6.61 Å². The molecule has 1 atom stereocenters. The summed E-state index contributed by atoms with van der Waals surface area (Å²) in [4.78, 5) is 23.4. The Morgan fingerprint density at radius 2 is 2.11 bits per heavy atom. The predicted octanol–water partition coefficient (Wildman–Crippen LogP) is 2.18. The maximum absolute atomic E-state index is 14.8. The topological polar surface area (TPSA) is 43.4 Å². The highest BCUT2D eigenvalue weighted by Gasteiger charge is 2.50. The lowest BCUT2D eigenvalue weighted by Gasteiger charge is -2.25. The smallest absolute Gasteiger partial charge is 0.357 e. The Labute approximate surface area is 104 Å². The van der Waals surface area contributed by atoms with Crippen LogP contribution in [-0.2, 0) is 20.0 Å². The monoisotopic (exact) mass is 246 g/mol. The lowest BCUT2D eigenvalue weighted by atomic mass is 9.83. The van der Waals surface area contributed by atoms with Gasteiger partial charge in [-0.15, -0.1) is 0 Å². The van der Waals surface area contributed by atoms with E-state index in [4.69, 9.17) is 0 Å². The van der Waals surface area contributed by atoms with Gasteiger partial charge in [0.25, 0.3) is 5.67 Å². The molecule has 2 rings (SSSR count). The second-order valence-electron chi connectivity index (χ2n) is 3.83. The fourth-order valence-corrected chi connectivity index (χ4v) is 1.81. The molecular formula is C14H11FO3. The SMILES string of the molecule is C=CCOC(=O)C1(F)C(=O)C=Cc2ccccc21. The molecule has 0 saturated heterocycles. The van der Waals surface area contributed by atoms with Gasteiger partial charge in [0.15, 0.2) is 0 Å². The van der Waals surface area contributed by atoms with Crippen LogP contribution < -0.4 is 0 Å². The third-order valence-corrected chi connectivity index (χ3v) is 2.70. The fraction of sp³-hybridized carbons (Fsp3) is 0.143. The highest BCUT2D eigenvalue weighted by Crippen LogP contribution is 2.35. The molecular weight excluding hydrogens is 235 g/mol. The van der Waals surface area contributed by atoms with Crippen LogP contribution in [0.1, 0.15) is 11.1 Å². The van der Waals surface area contributed by atoms with Crippen LogP contribution in [0.15, 0.2) is 43.0 Å². The summed E-state index contributed by atoms with van der Waals surface area (Å²) in [6, 6.07) is 6.31. The van der Waals surface area contributed by atoms with E-state index < -0.39 is 17.4 Å². The van der Waals surface area contributed by atoms with Crippen LogP contribution in [0.5, 0.6) is 0 Å². The highest BCUT2D eigenvalue weighted by atomic mass is 19.1. The maximum Gasteiger partial charge on any atom is 0.357 e. The van der Waals surface area contributed by atoms with Crippen molar-refractivity contribution in [3.8, 4) is 0 Å². The molecule has 0 aliphatic heterocycles. The van der Waals surface area contributed by atoms with E-state index in [1.807, 2.05) is 0 Å². The van der Waals surface area contributed by atoms with Gasteiger partial charge in [0.05, 0.1) is 0 Å². The van der Waals surface area contributed by atoms with Gasteiger partial charge in [-0.2, -0.15) is 0 Å². The number of esters is 1. The molecule has 0 N–H and O–H groups in total. The normalized spacial score (nSPS) is 21.3. The van der Waals surface area contributed by atoms with Gasteiger partial charge < -0.3 is 4.74 Å². The first-order valence-electron chi connectivity index (χ1n) is 5.39. The van der Waals surface area contributed by atoms with Crippen molar-refractivity contribution < 1.29 is 18.7 Å². The number of fused-ring (bicyclic) bond motifs is 1. The Hall–Kier alpha value is -2.23. The Balaban J connectivity index is 2.47. The number of hydrogen-bond acceptors (Lipinski definition) is 3. The summed E-state index contributed by atoms with van der Waals surface area (Å²) < 4.78 is 19.4. The number of carbonyl (C=O) groups is 2. The lowest BCUT2D eigenvalue weighted by molar-refractivity contribution is -0.161. The van der Waals surface area contributed by atoms with Crippen molar-refractivity contribution in [2.75, 3.05) is 6.61 Å². The molecule has 0 bridgehead atoms. The van der Waals surface area contributed by atoms with Gasteiger partial charge in [-0.3, -0.25) is 4.79 Å². The zero-order valence-corrected chi connectivity index (χ0v) is 9.56. The fourth-order valence-electron chi connectivity index (χ4n) is 1.81. The minimum absolute atomic E-state index is 0.0200. The van der Waals surface area contributed by atoms with Crippen molar-refractivity contribution in [3.63, 3.8) is 0 Å². The van der Waals surface area contributed by atoms with Crippen molar-refractivity contribution in [2.45, 2.75) is 5.67 Å². The average molecular weight is 246 g/mol. The molecule has 1 aromatic carbocycles. The van der Waals surface area contributed by atoms with Gasteiger partial charge in [-0.05, 0) is 11.6 Å². The second-order valence-corrected chi connectivity index (χ2v) is 3.83. The molecule has 1 aliphatic carbocycles. The predicted molar refractivity (Wildman–Crippen MR) is 64.4 cm³/mol. The van der Waals surface area contributed by atoms with E-state index in [-0.39, 0.29) is 12.2 Å². The number of allylic oxidation sites excluding steroid dienone is 1. The first-order valence-corrected chi connectivity index (χ1v) is 5.39. The van der Waals surface area contributed by atoms with Crippen molar-refractivity contribution in [1.82, 2.24) is 0 Å². The number of alkyl halides is 1. The number of benzene rings is 1. The number of hydrogen-bond donors (Lipinski definition) is 0. The Kier molecular flexibility index (Phi) is 3.10. The summed E-state index contributed by atoms with van der Waals surface area (Å²) >= 11 is 0. The van der Waals surface area contributed by atoms with Gasteiger partial charge >= 0.3 is 5.97 Å². The van der Waals surface area contributed by atoms with Crippen LogP contribution in [-0.4, -0.2) is 18.4 Å². The first kappa shape index (κ1) is 12.2. The summed E-state index contributed by atoms with van der Waals surface area (Å²) in [5.74, 6) is -2.13. The van der Waals surface area contributed by atoms with Crippen LogP contribution in [0.3, 0.4) is 0 Å². The minimum atomic E-state index is -2.76. The maximum atomic E-state index is 14.8. The van der Waals surface area contributed by atoms with Gasteiger partial charge in [-0.1, -0.05) is 43.0 Å². The van der Waals surface area contributed by atoms with E-state index >= 15 is 0 Å². The number of ether oxygens (including phenoxy) is 1. The van der Waals surface area contributed by atoms with E-state index in [0.29, 0.717) is 5.56 Å². The largest absolute Gasteiger partial charge is 0.458 e. The standard InChI is InChI=1S/C14H11FO3/c1-2-9-18-13(17)14(15)11-6-4-3-5-10(11)7-8-12(14)16/h2-8H,1,9H2. The molecule has 0 saturated carbocycles. The highest BCUT2D eigenvalue weighted by molar-refractivity contribution is 6.16. The summed E-state index contributed by atoms with van der Waals surface area (Å²) in [5.41, 5.74) is -2.24. The van der Waals surface area contributed by atoms with Crippen LogP contribution in [0, 0.1) is 0 Å². The summed E-state index contributed by atoms with van der Waals surface area (Å²) in [6.45, 7) is 3.23. The van der Waals surface area contributed by atoms with Crippen molar-refractivity contribution in [1.29, 1.82) is 0 Å². The quantitative estimate of drug-likeness (QED) is 0.466. The van der Waals surface area contributed by atoms with Crippen LogP contribution in [0.25, 0.3) is 6.08 Å². The van der Waals surface area contributed by atoms with Gasteiger partial charge in [-0.25, -0.2) is 9.18 Å².